The van der Waals surface area contributed by atoms with Crippen LogP contribution in [-0.2, 0) is 22.7 Å². The Hall–Kier alpha value is -2.90. The van der Waals surface area contributed by atoms with Crippen LogP contribution in [0.4, 0.5) is 9.59 Å². The van der Waals surface area contributed by atoms with Gasteiger partial charge in [0.2, 0.25) is 0 Å². The molecular formula is C26H26BrClN2O4. The number of piperidine rings is 1. The molecule has 0 unspecified atom stereocenters. The molecule has 1 fully saturated rings. The molecule has 2 aromatic carbocycles. The summed E-state index contributed by atoms with van der Waals surface area (Å²) in [5.74, 6) is 0.418. The van der Waals surface area contributed by atoms with Crippen molar-refractivity contribution in [1.29, 1.82) is 0 Å². The maximum atomic E-state index is 12.1. The number of nitrogens with zero attached hydrogens (tertiary/aromatic N) is 2. The molecule has 6 nitrogen and oxygen atoms in total. The van der Waals surface area contributed by atoms with Gasteiger partial charge in [-0.2, -0.15) is 0 Å². The minimum atomic E-state index is -0.770. The third-order valence-corrected chi connectivity index (χ3v) is 5.90. The molecule has 4 rings (SSSR count). The highest BCUT2D eigenvalue weighted by atomic mass is 79.9. The third kappa shape index (κ3) is 8.80. The SMILES string of the molecule is O=C(Cl)OCc1ccccc1.O=C(OCc1ccccc1)N1CCC(c2ccc(Br)cn2)CC1. The Kier molecular flexibility index (Phi) is 10.4. The van der Waals surface area contributed by atoms with Crippen molar-refractivity contribution in [3.8, 4) is 0 Å². The minimum absolute atomic E-state index is 0.226. The van der Waals surface area contributed by atoms with Gasteiger partial charge in [0.1, 0.15) is 13.2 Å². The molecule has 178 valence electrons. The molecule has 0 radical (unpaired) electrons. The Bertz CT molecular complexity index is 1030. The summed E-state index contributed by atoms with van der Waals surface area (Å²) in [4.78, 5) is 28.6. The van der Waals surface area contributed by atoms with E-state index in [0.717, 1.165) is 47.2 Å². The number of hydrogen-bond donors (Lipinski definition) is 0. The van der Waals surface area contributed by atoms with Crippen LogP contribution in [0.3, 0.4) is 0 Å². The van der Waals surface area contributed by atoms with Crippen molar-refractivity contribution in [2.24, 2.45) is 0 Å². The molecule has 1 aliphatic rings. The second-order valence-corrected chi connectivity index (χ2v) is 8.94. The Labute approximate surface area is 213 Å². The second-order valence-electron chi connectivity index (χ2n) is 7.71. The van der Waals surface area contributed by atoms with Crippen LogP contribution in [0.1, 0.15) is 35.6 Å². The summed E-state index contributed by atoms with van der Waals surface area (Å²) in [6, 6.07) is 23.2. The molecule has 1 aromatic heterocycles. The predicted molar refractivity (Wildman–Crippen MR) is 135 cm³/mol. The number of hydrogen-bond acceptors (Lipinski definition) is 5. The minimum Gasteiger partial charge on any atom is -0.449 e. The molecule has 0 aliphatic carbocycles. The van der Waals surface area contributed by atoms with Crippen molar-refractivity contribution >= 4 is 39.1 Å². The van der Waals surface area contributed by atoms with Crippen LogP contribution >= 0.6 is 27.5 Å². The molecule has 0 saturated carbocycles. The number of pyridine rings is 1. The molecule has 8 heteroatoms. The molecule has 0 spiro atoms. The van der Waals surface area contributed by atoms with Crippen LogP contribution in [0, 0.1) is 0 Å². The number of likely N-dealkylation sites (tertiary alicyclic amines) is 1. The number of rotatable bonds is 5. The molecule has 1 aliphatic heterocycles. The molecule has 1 saturated heterocycles. The Morgan fingerprint density at radius 3 is 1.94 bits per heavy atom. The first-order chi connectivity index (χ1) is 16.5. The van der Waals surface area contributed by atoms with Crippen LogP contribution in [-0.4, -0.2) is 34.5 Å². The van der Waals surface area contributed by atoms with Gasteiger partial charge >= 0.3 is 11.5 Å². The van der Waals surface area contributed by atoms with E-state index in [4.69, 9.17) is 16.3 Å². The molecule has 0 N–H and O–H groups in total. The van der Waals surface area contributed by atoms with E-state index in [9.17, 15) is 9.59 Å². The average molecular weight is 546 g/mol. The number of ether oxygens (including phenoxy) is 2. The van der Waals surface area contributed by atoms with Crippen molar-refractivity contribution in [1.82, 2.24) is 9.88 Å². The Balaban J connectivity index is 0.000000248. The number of amides is 1. The summed E-state index contributed by atoms with van der Waals surface area (Å²) in [7, 11) is 0. The highest BCUT2D eigenvalue weighted by Gasteiger charge is 2.25. The number of carbonyl (C=O) groups excluding carboxylic acids is 2. The number of aromatic nitrogens is 1. The van der Waals surface area contributed by atoms with Gasteiger partial charge in [-0.05, 0) is 52.0 Å². The van der Waals surface area contributed by atoms with E-state index in [2.05, 4.69) is 31.7 Å². The predicted octanol–water partition coefficient (Wildman–Crippen LogP) is 6.92. The molecule has 1 amide bonds. The van der Waals surface area contributed by atoms with E-state index < -0.39 is 5.43 Å². The molecule has 3 aromatic rings. The lowest BCUT2D eigenvalue weighted by Gasteiger charge is -2.31. The summed E-state index contributed by atoms with van der Waals surface area (Å²) in [6.07, 6.45) is 3.45. The van der Waals surface area contributed by atoms with Crippen molar-refractivity contribution < 1.29 is 19.1 Å². The van der Waals surface area contributed by atoms with Crippen LogP contribution in [0.2, 0.25) is 0 Å². The summed E-state index contributed by atoms with van der Waals surface area (Å²) in [5, 5.41) is 0. The van der Waals surface area contributed by atoms with Crippen molar-refractivity contribution in [2.45, 2.75) is 32.0 Å². The van der Waals surface area contributed by atoms with Crippen LogP contribution in [0.25, 0.3) is 0 Å². The van der Waals surface area contributed by atoms with Gasteiger partial charge in [0.25, 0.3) is 0 Å². The third-order valence-electron chi connectivity index (χ3n) is 5.32. The number of halogens is 2. The standard InChI is InChI=1S/C18H19BrN2O2.C8H7ClO2/c19-16-6-7-17(20-12-16)15-8-10-21(11-9-15)18(22)23-13-14-4-2-1-3-5-14;9-8(10)11-6-7-4-2-1-3-5-7/h1-7,12,15H,8-11,13H2;1-5H,6H2. The summed E-state index contributed by atoms with van der Waals surface area (Å²) < 4.78 is 10.9. The molecule has 34 heavy (non-hydrogen) atoms. The van der Waals surface area contributed by atoms with Crippen LogP contribution < -0.4 is 0 Å². The number of carbonyl (C=O) groups is 2. The first kappa shape index (κ1) is 25.7. The fraction of sp³-hybridized carbons (Fsp3) is 0.269. The zero-order chi connectivity index (χ0) is 24.2. The van der Waals surface area contributed by atoms with Crippen LogP contribution in [0.5, 0.6) is 0 Å². The first-order valence-electron chi connectivity index (χ1n) is 10.9. The van der Waals surface area contributed by atoms with Gasteiger partial charge in [-0.1, -0.05) is 60.7 Å². The van der Waals surface area contributed by atoms with Gasteiger partial charge < -0.3 is 14.4 Å². The summed E-state index contributed by atoms with van der Waals surface area (Å²) in [5.41, 5.74) is 2.27. The first-order valence-corrected chi connectivity index (χ1v) is 12.1. The van der Waals surface area contributed by atoms with Gasteiger partial charge in [-0.3, -0.25) is 4.98 Å². The maximum Gasteiger partial charge on any atom is 0.410 e. The zero-order valence-corrected chi connectivity index (χ0v) is 21.0. The van der Waals surface area contributed by atoms with Gasteiger partial charge in [0.15, 0.2) is 0 Å². The Morgan fingerprint density at radius 1 is 0.882 bits per heavy atom. The topological polar surface area (TPSA) is 68.7 Å². The highest BCUT2D eigenvalue weighted by Crippen LogP contribution is 2.27. The second kappa shape index (κ2) is 13.7. The highest BCUT2D eigenvalue weighted by molar-refractivity contribution is 9.10. The fourth-order valence-corrected chi connectivity index (χ4v) is 3.80. The molecule has 0 atom stereocenters. The van der Waals surface area contributed by atoms with E-state index in [1.54, 1.807) is 4.90 Å². The smallest absolute Gasteiger partial charge is 0.410 e. The largest absolute Gasteiger partial charge is 0.449 e. The quantitative estimate of drug-likeness (QED) is 0.325. The number of benzene rings is 2. The monoisotopic (exact) mass is 544 g/mol. The molecule has 0 bridgehead atoms. The molecular weight excluding hydrogens is 520 g/mol. The Morgan fingerprint density at radius 2 is 1.44 bits per heavy atom. The zero-order valence-electron chi connectivity index (χ0n) is 18.6. The lowest BCUT2D eigenvalue weighted by molar-refractivity contribution is 0.0868. The maximum absolute atomic E-state index is 12.1. The van der Waals surface area contributed by atoms with Gasteiger partial charge in [-0.15, -0.1) is 0 Å². The lowest BCUT2D eigenvalue weighted by Crippen LogP contribution is -2.38. The van der Waals surface area contributed by atoms with E-state index >= 15 is 0 Å². The van der Waals surface area contributed by atoms with Crippen molar-refractivity contribution in [3.05, 3.63) is 100 Å². The van der Waals surface area contributed by atoms with E-state index in [1.165, 1.54) is 0 Å². The van der Waals surface area contributed by atoms with E-state index in [-0.39, 0.29) is 12.7 Å². The lowest BCUT2D eigenvalue weighted by atomic mass is 9.93. The van der Waals surface area contributed by atoms with Gasteiger partial charge in [0.05, 0.1) is 0 Å². The van der Waals surface area contributed by atoms with E-state index in [0.29, 0.717) is 12.5 Å². The van der Waals surface area contributed by atoms with Crippen LogP contribution in [0.15, 0.2) is 83.5 Å². The normalized spacial score (nSPS) is 13.4. The van der Waals surface area contributed by atoms with Gasteiger partial charge in [0, 0.05) is 47.0 Å². The van der Waals surface area contributed by atoms with Crippen molar-refractivity contribution in [2.75, 3.05) is 13.1 Å². The molecule has 2 heterocycles. The van der Waals surface area contributed by atoms with Gasteiger partial charge in [-0.25, -0.2) is 9.59 Å². The van der Waals surface area contributed by atoms with E-state index in [1.807, 2.05) is 72.9 Å². The van der Waals surface area contributed by atoms with Crippen molar-refractivity contribution in [3.63, 3.8) is 0 Å². The fourth-order valence-electron chi connectivity index (χ4n) is 3.51. The summed E-state index contributed by atoms with van der Waals surface area (Å²) >= 11 is 8.37. The summed E-state index contributed by atoms with van der Waals surface area (Å²) in [6.45, 7) is 2.00. The average Bonchev–Trinajstić information content (AvgIpc) is 2.88.